The van der Waals surface area contributed by atoms with Gasteiger partial charge >= 0.3 is 0 Å². The summed E-state index contributed by atoms with van der Waals surface area (Å²) in [6, 6.07) is 4.22. The number of nitrogens with zero attached hydrogens (tertiary/aromatic N) is 2. The van der Waals surface area contributed by atoms with Gasteiger partial charge in [-0.3, -0.25) is 4.72 Å². The van der Waals surface area contributed by atoms with E-state index in [4.69, 9.17) is 33.0 Å². The van der Waals surface area contributed by atoms with Gasteiger partial charge < -0.3 is 9.84 Å². The van der Waals surface area contributed by atoms with Crippen molar-refractivity contribution in [2.45, 2.75) is 11.5 Å². The van der Waals surface area contributed by atoms with Crippen LogP contribution in [0.1, 0.15) is 5.69 Å². The number of rotatable bonds is 5. The van der Waals surface area contributed by atoms with Crippen molar-refractivity contribution in [2.75, 3.05) is 11.8 Å². The molecule has 0 saturated heterocycles. The monoisotopic (exact) mass is 363 g/mol. The molecule has 118 valence electrons. The normalized spacial score (nSPS) is 11.3. The van der Waals surface area contributed by atoms with Crippen LogP contribution < -0.4 is 9.46 Å². The Hall–Kier alpha value is -1.61. The van der Waals surface area contributed by atoms with E-state index in [1.54, 1.807) is 0 Å². The first-order valence-electron chi connectivity index (χ1n) is 5.86. The number of ether oxygens (including phenoxy) is 1. The highest BCUT2D eigenvalue weighted by Gasteiger charge is 2.22. The maximum atomic E-state index is 12.4. The van der Waals surface area contributed by atoms with Crippen molar-refractivity contribution in [3.05, 3.63) is 40.1 Å². The van der Waals surface area contributed by atoms with Gasteiger partial charge in [-0.2, -0.15) is 0 Å². The number of methoxy groups -OCH3 is 1. The molecule has 0 aliphatic heterocycles. The lowest BCUT2D eigenvalue weighted by atomic mass is 10.4. The minimum Gasteiger partial charge on any atom is -0.478 e. The molecule has 1 aromatic heterocycles. The van der Waals surface area contributed by atoms with Crippen LogP contribution in [0.5, 0.6) is 5.88 Å². The molecule has 1 heterocycles. The fraction of sp³-hybridized carbons (Fsp3) is 0.167. The zero-order valence-corrected chi connectivity index (χ0v) is 13.6. The molecule has 0 atom stereocenters. The SMILES string of the molecule is COc1ncc(CO)nc1NS(=O)(=O)c1cccc(Cl)c1Cl. The van der Waals surface area contributed by atoms with Crippen molar-refractivity contribution in [1.29, 1.82) is 0 Å². The molecule has 0 aliphatic carbocycles. The first kappa shape index (κ1) is 16.8. The number of aliphatic hydroxyl groups is 1. The fourth-order valence-corrected chi connectivity index (χ4v) is 3.34. The lowest BCUT2D eigenvalue weighted by Gasteiger charge is -2.12. The predicted molar refractivity (Wildman–Crippen MR) is 81.8 cm³/mol. The van der Waals surface area contributed by atoms with Crippen molar-refractivity contribution in [3.8, 4) is 5.88 Å². The highest BCUT2D eigenvalue weighted by molar-refractivity contribution is 7.92. The smallest absolute Gasteiger partial charge is 0.264 e. The second kappa shape index (κ2) is 6.66. The Balaban J connectivity index is 2.47. The molecule has 0 unspecified atom stereocenters. The number of hydrogen-bond acceptors (Lipinski definition) is 6. The van der Waals surface area contributed by atoms with Crippen LogP contribution in [-0.2, 0) is 16.6 Å². The van der Waals surface area contributed by atoms with Gasteiger partial charge in [0.15, 0.2) is 0 Å². The fourth-order valence-electron chi connectivity index (χ4n) is 1.58. The Kier molecular flexibility index (Phi) is 5.07. The molecule has 0 aliphatic rings. The highest BCUT2D eigenvalue weighted by Crippen LogP contribution is 2.31. The van der Waals surface area contributed by atoms with E-state index < -0.39 is 16.6 Å². The molecule has 0 saturated carbocycles. The number of aliphatic hydroxyl groups excluding tert-OH is 1. The third kappa shape index (κ3) is 3.41. The Bertz CT molecular complexity index is 799. The standard InChI is InChI=1S/C12H11Cl2N3O4S/c1-21-12-11(16-7(6-18)5-15-12)17-22(19,20)9-4-2-3-8(13)10(9)14/h2-5,18H,6H2,1H3,(H,16,17). The van der Waals surface area contributed by atoms with Crippen LogP contribution in [0, 0.1) is 0 Å². The average molecular weight is 364 g/mol. The summed E-state index contributed by atoms with van der Waals surface area (Å²) in [6.07, 6.45) is 1.27. The van der Waals surface area contributed by atoms with E-state index in [-0.39, 0.29) is 32.3 Å². The number of sulfonamides is 1. The summed E-state index contributed by atoms with van der Waals surface area (Å²) in [4.78, 5) is 7.57. The summed E-state index contributed by atoms with van der Waals surface area (Å²) in [6.45, 7) is -0.399. The van der Waals surface area contributed by atoms with E-state index in [2.05, 4.69) is 14.7 Å². The number of anilines is 1. The average Bonchev–Trinajstić information content (AvgIpc) is 2.49. The maximum Gasteiger partial charge on any atom is 0.264 e. The highest BCUT2D eigenvalue weighted by atomic mass is 35.5. The van der Waals surface area contributed by atoms with Gasteiger partial charge in [-0.05, 0) is 12.1 Å². The second-order valence-electron chi connectivity index (χ2n) is 4.03. The topological polar surface area (TPSA) is 101 Å². The van der Waals surface area contributed by atoms with Crippen LogP contribution in [0.4, 0.5) is 5.82 Å². The minimum atomic E-state index is -4.05. The van der Waals surface area contributed by atoms with Gasteiger partial charge in [0, 0.05) is 0 Å². The van der Waals surface area contributed by atoms with Gasteiger partial charge in [-0.15, -0.1) is 0 Å². The van der Waals surface area contributed by atoms with E-state index in [0.29, 0.717) is 0 Å². The lowest BCUT2D eigenvalue weighted by molar-refractivity contribution is 0.275. The van der Waals surface area contributed by atoms with Gasteiger partial charge in [0.1, 0.15) is 4.90 Å². The number of benzene rings is 1. The Morgan fingerprint density at radius 3 is 2.73 bits per heavy atom. The van der Waals surface area contributed by atoms with Crippen LogP contribution in [0.3, 0.4) is 0 Å². The summed E-state index contributed by atoms with van der Waals surface area (Å²) in [5.41, 5.74) is 0.177. The Morgan fingerprint density at radius 2 is 2.09 bits per heavy atom. The summed E-state index contributed by atoms with van der Waals surface area (Å²) < 4.78 is 32.0. The van der Waals surface area contributed by atoms with E-state index >= 15 is 0 Å². The summed E-state index contributed by atoms with van der Waals surface area (Å²) >= 11 is 11.7. The van der Waals surface area contributed by atoms with Crippen molar-refractivity contribution in [2.24, 2.45) is 0 Å². The molecule has 0 amide bonds. The van der Waals surface area contributed by atoms with Gasteiger partial charge in [-0.1, -0.05) is 29.3 Å². The van der Waals surface area contributed by atoms with Crippen LogP contribution in [-0.4, -0.2) is 30.6 Å². The molecule has 7 nitrogen and oxygen atoms in total. The van der Waals surface area contributed by atoms with Crippen LogP contribution in [0.25, 0.3) is 0 Å². The second-order valence-corrected chi connectivity index (χ2v) is 6.47. The molecule has 22 heavy (non-hydrogen) atoms. The van der Waals surface area contributed by atoms with Crippen LogP contribution >= 0.6 is 23.2 Å². The molecule has 0 fully saturated rings. The minimum absolute atomic E-state index is 0.0427. The van der Waals surface area contributed by atoms with Crippen LogP contribution in [0.2, 0.25) is 10.0 Å². The molecular weight excluding hydrogens is 353 g/mol. The zero-order chi connectivity index (χ0) is 16.3. The quantitative estimate of drug-likeness (QED) is 0.843. The van der Waals surface area contributed by atoms with Gasteiger partial charge in [-0.25, -0.2) is 18.4 Å². The Labute approximate surface area is 136 Å². The molecule has 0 radical (unpaired) electrons. The number of halogens is 2. The van der Waals surface area contributed by atoms with Crippen molar-refractivity contribution < 1.29 is 18.3 Å². The molecule has 0 spiro atoms. The molecule has 2 N–H and O–H groups in total. The molecule has 10 heteroatoms. The molecular formula is C12H11Cl2N3O4S. The largest absolute Gasteiger partial charge is 0.478 e. The third-order valence-electron chi connectivity index (χ3n) is 2.58. The summed E-state index contributed by atoms with van der Waals surface area (Å²) in [5.74, 6) is -0.205. The summed E-state index contributed by atoms with van der Waals surface area (Å²) in [5, 5.41) is 9.06. The predicted octanol–water partition coefficient (Wildman–Crippen LogP) is 2.09. The lowest BCUT2D eigenvalue weighted by Crippen LogP contribution is -2.16. The molecule has 1 aromatic carbocycles. The first-order chi connectivity index (χ1) is 10.4. The number of nitrogens with one attached hydrogen (secondary N) is 1. The Morgan fingerprint density at radius 1 is 1.36 bits per heavy atom. The zero-order valence-electron chi connectivity index (χ0n) is 11.2. The van der Waals surface area contributed by atoms with E-state index in [1.165, 1.54) is 31.5 Å². The number of hydrogen-bond donors (Lipinski definition) is 2. The van der Waals surface area contributed by atoms with Gasteiger partial charge in [0.05, 0.1) is 35.7 Å². The van der Waals surface area contributed by atoms with Crippen molar-refractivity contribution in [3.63, 3.8) is 0 Å². The first-order valence-corrected chi connectivity index (χ1v) is 8.10. The van der Waals surface area contributed by atoms with E-state index in [9.17, 15) is 8.42 Å². The molecule has 0 bridgehead atoms. The van der Waals surface area contributed by atoms with Gasteiger partial charge in [0.25, 0.3) is 15.9 Å². The van der Waals surface area contributed by atoms with E-state index in [1.807, 2.05) is 0 Å². The van der Waals surface area contributed by atoms with Crippen molar-refractivity contribution >= 4 is 39.0 Å². The number of aromatic nitrogens is 2. The third-order valence-corrected chi connectivity index (χ3v) is 4.89. The summed E-state index contributed by atoms with van der Waals surface area (Å²) in [7, 11) is -2.74. The van der Waals surface area contributed by atoms with Crippen LogP contribution in [0.15, 0.2) is 29.3 Å². The maximum absolute atomic E-state index is 12.4. The van der Waals surface area contributed by atoms with E-state index in [0.717, 1.165) is 0 Å². The van der Waals surface area contributed by atoms with Crippen molar-refractivity contribution in [1.82, 2.24) is 9.97 Å². The molecule has 2 rings (SSSR count). The van der Waals surface area contributed by atoms with Gasteiger partial charge in [0.2, 0.25) is 5.82 Å². The molecule has 2 aromatic rings.